The van der Waals surface area contributed by atoms with Crippen molar-refractivity contribution in [2.75, 3.05) is 20.2 Å². The molecule has 2 N–H and O–H groups in total. The standard InChI is InChI=1S/C13H20N2O2/c1-17-13(16,15-10-6-3-7-11-15)12-8-4-2-5-9-14-12/h2,4-5,8-9,14,16H,3,6-7,10-11H2,1H3. The van der Waals surface area contributed by atoms with Crippen molar-refractivity contribution in [1.82, 2.24) is 10.2 Å². The van der Waals surface area contributed by atoms with Crippen molar-refractivity contribution in [2.24, 2.45) is 0 Å². The summed E-state index contributed by atoms with van der Waals surface area (Å²) in [5.74, 6) is -1.35. The first-order chi connectivity index (χ1) is 8.27. The number of methoxy groups -OCH3 is 1. The summed E-state index contributed by atoms with van der Waals surface area (Å²) in [6.45, 7) is 1.72. The molecule has 1 unspecified atom stereocenters. The predicted molar refractivity (Wildman–Crippen MR) is 66.9 cm³/mol. The summed E-state index contributed by atoms with van der Waals surface area (Å²) in [4.78, 5) is 1.97. The molecule has 0 aromatic heterocycles. The zero-order valence-corrected chi connectivity index (χ0v) is 10.2. The van der Waals surface area contributed by atoms with E-state index in [0.29, 0.717) is 5.70 Å². The van der Waals surface area contributed by atoms with Gasteiger partial charge in [-0.05, 0) is 25.0 Å². The fraction of sp³-hybridized carbons (Fsp3) is 0.538. The van der Waals surface area contributed by atoms with Crippen LogP contribution in [-0.4, -0.2) is 36.1 Å². The van der Waals surface area contributed by atoms with E-state index >= 15 is 0 Å². The van der Waals surface area contributed by atoms with E-state index in [1.807, 2.05) is 29.2 Å². The van der Waals surface area contributed by atoms with Crippen LogP contribution in [0, 0.1) is 0 Å². The lowest BCUT2D eigenvalue weighted by Gasteiger charge is -2.41. The average Bonchev–Trinajstić information content (AvgIpc) is 2.68. The number of nitrogens with zero attached hydrogens (tertiary/aromatic N) is 1. The highest BCUT2D eigenvalue weighted by Gasteiger charge is 2.39. The van der Waals surface area contributed by atoms with Crippen molar-refractivity contribution in [3.8, 4) is 0 Å². The second kappa shape index (κ2) is 5.49. The molecule has 0 aromatic carbocycles. The van der Waals surface area contributed by atoms with Gasteiger partial charge in [-0.1, -0.05) is 18.6 Å². The summed E-state index contributed by atoms with van der Waals surface area (Å²) in [5, 5.41) is 13.8. The van der Waals surface area contributed by atoms with E-state index in [0.717, 1.165) is 25.9 Å². The molecule has 4 nitrogen and oxygen atoms in total. The predicted octanol–water partition coefficient (Wildman–Crippen LogP) is 1.32. The lowest BCUT2D eigenvalue weighted by atomic mass is 10.1. The molecule has 94 valence electrons. The van der Waals surface area contributed by atoms with Crippen LogP contribution < -0.4 is 5.32 Å². The maximum absolute atomic E-state index is 10.7. The number of hydrogen-bond acceptors (Lipinski definition) is 4. The smallest absolute Gasteiger partial charge is 0.271 e. The fourth-order valence-corrected chi connectivity index (χ4v) is 2.27. The van der Waals surface area contributed by atoms with Gasteiger partial charge in [0.1, 0.15) is 0 Å². The summed E-state index contributed by atoms with van der Waals surface area (Å²) in [6.07, 6.45) is 12.8. The van der Waals surface area contributed by atoms with Crippen molar-refractivity contribution in [2.45, 2.75) is 25.2 Å². The van der Waals surface area contributed by atoms with E-state index in [9.17, 15) is 5.11 Å². The minimum atomic E-state index is -1.35. The summed E-state index contributed by atoms with van der Waals surface area (Å²) in [5.41, 5.74) is 0.659. The molecule has 0 aliphatic carbocycles. The average molecular weight is 236 g/mol. The van der Waals surface area contributed by atoms with Crippen molar-refractivity contribution in [1.29, 1.82) is 0 Å². The summed E-state index contributed by atoms with van der Waals surface area (Å²) >= 11 is 0. The van der Waals surface area contributed by atoms with E-state index in [-0.39, 0.29) is 0 Å². The van der Waals surface area contributed by atoms with Gasteiger partial charge < -0.3 is 15.2 Å². The van der Waals surface area contributed by atoms with Crippen LogP contribution in [0.3, 0.4) is 0 Å². The minimum absolute atomic E-state index is 0.659. The molecule has 0 aromatic rings. The van der Waals surface area contributed by atoms with Crippen molar-refractivity contribution < 1.29 is 9.84 Å². The molecule has 1 fully saturated rings. The first-order valence-electron chi connectivity index (χ1n) is 6.10. The number of nitrogens with one attached hydrogen (secondary N) is 1. The van der Waals surface area contributed by atoms with Crippen LogP contribution in [-0.2, 0) is 4.74 Å². The molecule has 2 aliphatic heterocycles. The van der Waals surface area contributed by atoms with Gasteiger partial charge in [0.15, 0.2) is 0 Å². The molecule has 0 saturated carbocycles. The Hall–Kier alpha value is -1.10. The van der Waals surface area contributed by atoms with E-state index in [1.54, 1.807) is 6.20 Å². The Balaban J connectivity index is 2.19. The van der Waals surface area contributed by atoms with Gasteiger partial charge in [0.25, 0.3) is 5.91 Å². The maximum Gasteiger partial charge on any atom is 0.271 e. The maximum atomic E-state index is 10.7. The van der Waals surface area contributed by atoms with Gasteiger partial charge in [-0.25, -0.2) is 4.90 Å². The molecule has 4 heteroatoms. The Morgan fingerprint density at radius 2 is 2.00 bits per heavy atom. The molecule has 0 bridgehead atoms. The summed E-state index contributed by atoms with van der Waals surface area (Å²) in [6, 6.07) is 0. The summed E-state index contributed by atoms with van der Waals surface area (Å²) < 4.78 is 5.36. The minimum Gasteiger partial charge on any atom is -0.359 e. The van der Waals surface area contributed by atoms with E-state index in [1.165, 1.54) is 13.5 Å². The van der Waals surface area contributed by atoms with E-state index in [4.69, 9.17) is 4.74 Å². The van der Waals surface area contributed by atoms with Crippen LogP contribution in [0.5, 0.6) is 0 Å². The number of aliphatic hydroxyl groups is 1. The van der Waals surface area contributed by atoms with Gasteiger partial charge in [-0.3, -0.25) is 0 Å². The zero-order valence-electron chi connectivity index (χ0n) is 10.2. The monoisotopic (exact) mass is 236 g/mol. The lowest BCUT2D eigenvalue weighted by molar-refractivity contribution is -0.259. The molecular formula is C13H20N2O2. The van der Waals surface area contributed by atoms with Gasteiger partial charge in [0.05, 0.1) is 5.70 Å². The van der Waals surface area contributed by atoms with Crippen LogP contribution in [0.15, 0.2) is 36.2 Å². The van der Waals surface area contributed by atoms with Crippen LogP contribution >= 0.6 is 0 Å². The molecular weight excluding hydrogens is 216 g/mol. The molecule has 0 spiro atoms. The highest BCUT2D eigenvalue weighted by molar-refractivity contribution is 5.25. The van der Waals surface area contributed by atoms with Crippen LogP contribution in [0.4, 0.5) is 0 Å². The SMILES string of the molecule is COC(O)(C1=CC=CC=CN1)N1CCCCC1. The topological polar surface area (TPSA) is 44.7 Å². The Morgan fingerprint density at radius 1 is 1.24 bits per heavy atom. The number of allylic oxidation sites excluding steroid dienone is 4. The largest absolute Gasteiger partial charge is 0.359 e. The quantitative estimate of drug-likeness (QED) is 0.725. The lowest BCUT2D eigenvalue weighted by Crippen LogP contribution is -2.55. The molecule has 2 heterocycles. The molecule has 17 heavy (non-hydrogen) atoms. The summed E-state index contributed by atoms with van der Waals surface area (Å²) in [7, 11) is 1.54. The molecule has 0 amide bonds. The highest BCUT2D eigenvalue weighted by atomic mass is 16.6. The second-order valence-corrected chi connectivity index (χ2v) is 4.33. The third kappa shape index (κ3) is 2.60. The highest BCUT2D eigenvalue weighted by Crippen LogP contribution is 2.25. The Morgan fingerprint density at radius 3 is 2.71 bits per heavy atom. The molecule has 2 rings (SSSR count). The van der Waals surface area contributed by atoms with Crippen LogP contribution in [0.25, 0.3) is 0 Å². The van der Waals surface area contributed by atoms with E-state index in [2.05, 4.69) is 5.32 Å². The molecule has 0 radical (unpaired) electrons. The second-order valence-electron chi connectivity index (χ2n) is 4.33. The third-order valence-corrected chi connectivity index (χ3v) is 3.24. The van der Waals surface area contributed by atoms with Gasteiger partial charge in [0, 0.05) is 26.4 Å². The molecule has 1 saturated heterocycles. The van der Waals surface area contributed by atoms with Gasteiger partial charge >= 0.3 is 0 Å². The van der Waals surface area contributed by atoms with Gasteiger partial charge in [-0.15, -0.1) is 0 Å². The van der Waals surface area contributed by atoms with E-state index < -0.39 is 5.91 Å². The van der Waals surface area contributed by atoms with Crippen LogP contribution in [0.2, 0.25) is 0 Å². The Kier molecular flexibility index (Phi) is 3.99. The van der Waals surface area contributed by atoms with Gasteiger partial charge in [0.2, 0.25) is 0 Å². The van der Waals surface area contributed by atoms with Crippen LogP contribution in [0.1, 0.15) is 19.3 Å². The zero-order chi connectivity index (χ0) is 12.1. The normalized spacial score (nSPS) is 24.7. The first-order valence-corrected chi connectivity index (χ1v) is 6.10. The Labute approximate surface area is 102 Å². The number of ether oxygens (including phenoxy) is 1. The first kappa shape index (κ1) is 12.4. The Bertz CT molecular complexity index is 343. The van der Waals surface area contributed by atoms with Crippen molar-refractivity contribution >= 4 is 0 Å². The van der Waals surface area contributed by atoms with Crippen molar-refractivity contribution in [3.05, 3.63) is 36.2 Å². The third-order valence-electron chi connectivity index (χ3n) is 3.24. The fourth-order valence-electron chi connectivity index (χ4n) is 2.27. The number of piperidine rings is 1. The number of hydrogen-bond donors (Lipinski definition) is 2. The number of likely N-dealkylation sites (tertiary alicyclic amines) is 1. The number of rotatable bonds is 3. The molecule has 2 aliphatic rings. The molecule has 1 atom stereocenters. The van der Waals surface area contributed by atoms with Gasteiger partial charge in [-0.2, -0.15) is 0 Å². The van der Waals surface area contributed by atoms with Crippen molar-refractivity contribution in [3.63, 3.8) is 0 Å².